The molecular weight excluding hydrogens is 314 g/mol. The summed E-state index contributed by atoms with van der Waals surface area (Å²) < 4.78 is 5.16. The predicted octanol–water partition coefficient (Wildman–Crippen LogP) is 3.64. The van der Waals surface area contributed by atoms with Crippen molar-refractivity contribution in [2.45, 2.75) is 20.5 Å². The summed E-state index contributed by atoms with van der Waals surface area (Å²) in [4.78, 5) is 7.71. The Kier molecular flexibility index (Phi) is 4.78. The molecule has 6 nitrogen and oxygen atoms in total. The first-order valence-corrected chi connectivity index (χ1v) is 7.90. The summed E-state index contributed by atoms with van der Waals surface area (Å²) in [7, 11) is 1.60. The van der Waals surface area contributed by atoms with Crippen LogP contribution in [-0.4, -0.2) is 23.3 Å². The number of nitriles is 1. The fourth-order valence-electron chi connectivity index (χ4n) is 2.84. The largest absolute Gasteiger partial charge is 0.380 e. The van der Waals surface area contributed by atoms with E-state index in [1.807, 2.05) is 44.2 Å². The minimum Gasteiger partial charge on any atom is -0.380 e. The number of hydrogen-bond donors (Lipinski definition) is 2. The van der Waals surface area contributed by atoms with E-state index in [0.717, 1.165) is 33.4 Å². The van der Waals surface area contributed by atoms with E-state index in [1.54, 1.807) is 13.3 Å². The van der Waals surface area contributed by atoms with Crippen LogP contribution in [0.2, 0.25) is 0 Å². The van der Waals surface area contributed by atoms with Gasteiger partial charge in [-0.25, -0.2) is 4.98 Å². The zero-order valence-electron chi connectivity index (χ0n) is 14.4. The Bertz CT molecular complexity index is 981. The van der Waals surface area contributed by atoms with Gasteiger partial charge in [0, 0.05) is 40.5 Å². The molecule has 0 radical (unpaired) electrons. The van der Waals surface area contributed by atoms with Crippen LogP contribution in [0.1, 0.15) is 28.1 Å². The maximum Gasteiger partial charge on any atom is 0.164 e. The van der Waals surface area contributed by atoms with Crippen LogP contribution in [0.15, 0.2) is 35.4 Å². The van der Waals surface area contributed by atoms with Crippen LogP contribution < -0.4 is 5.43 Å². The van der Waals surface area contributed by atoms with Gasteiger partial charge in [-0.05, 0) is 26.0 Å². The van der Waals surface area contributed by atoms with Crippen molar-refractivity contribution in [3.8, 4) is 6.07 Å². The number of aryl methyl sites for hydroxylation is 2. The first-order valence-electron chi connectivity index (χ1n) is 7.90. The Morgan fingerprint density at radius 1 is 1.36 bits per heavy atom. The van der Waals surface area contributed by atoms with E-state index < -0.39 is 0 Å². The molecule has 0 bridgehead atoms. The topological polar surface area (TPSA) is 86.1 Å². The van der Waals surface area contributed by atoms with Crippen molar-refractivity contribution >= 4 is 22.9 Å². The van der Waals surface area contributed by atoms with Gasteiger partial charge >= 0.3 is 0 Å². The highest BCUT2D eigenvalue weighted by molar-refractivity contribution is 6.00. The van der Waals surface area contributed by atoms with Crippen LogP contribution in [0.25, 0.3) is 10.9 Å². The lowest BCUT2D eigenvalue weighted by Gasteiger charge is -2.09. The molecule has 0 unspecified atom stereocenters. The Morgan fingerprint density at radius 3 is 2.92 bits per heavy atom. The third-order valence-corrected chi connectivity index (χ3v) is 3.95. The van der Waals surface area contributed by atoms with Crippen molar-refractivity contribution in [1.29, 1.82) is 5.26 Å². The molecule has 0 fully saturated rings. The maximum absolute atomic E-state index is 9.44. The highest BCUT2D eigenvalue weighted by atomic mass is 16.5. The minimum absolute atomic E-state index is 0.353. The average Bonchev–Trinajstić information content (AvgIpc) is 2.91. The van der Waals surface area contributed by atoms with Crippen molar-refractivity contribution in [3.63, 3.8) is 0 Å². The first-order chi connectivity index (χ1) is 12.1. The lowest BCUT2D eigenvalue weighted by atomic mass is 10.1. The molecule has 0 atom stereocenters. The number of para-hydroxylation sites is 1. The van der Waals surface area contributed by atoms with Gasteiger partial charge < -0.3 is 9.72 Å². The third kappa shape index (κ3) is 3.37. The van der Waals surface area contributed by atoms with Crippen molar-refractivity contribution in [1.82, 2.24) is 9.97 Å². The fourth-order valence-corrected chi connectivity index (χ4v) is 2.84. The van der Waals surface area contributed by atoms with Gasteiger partial charge in [-0.1, -0.05) is 18.2 Å². The summed E-state index contributed by atoms with van der Waals surface area (Å²) in [6.45, 7) is 4.23. The summed E-state index contributed by atoms with van der Waals surface area (Å²) in [5.74, 6) is 0.434. The molecule has 6 heteroatoms. The SMILES string of the molecule is COCc1cc(C)nc(N/N=C\c2c(C)[nH]c3ccccc23)c1C#N. The molecule has 0 aliphatic heterocycles. The van der Waals surface area contributed by atoms with Gasteiger partial charge in [0.1, 0.15) is 11.6 Å². The number of hydrogen-bond acceptors (Lipinski definition) is 5. The van der Waals surface area contributed by atoms with Crippen molar-refractivity contribution in [3.05, 3.63) is 58.4 Å². The van der Waals surface area contributed by atoms with Crippen LogP contribution in [0.3, 0.4) is 0 Å². The van der Waals surface area contributed by atoms with Crippen molar-refractivity contribution in [2.24, 2.45) is 5.10 Å². The predicted molar refractivity (Wildman–Crippen MR) is 98.7 cm³/mol. The van der Waals surface area contributed by atoms with Gasteiger partial charge in [0.25, 0.3) is 0 Å². The van der Waals surface area contributed by atoms with Crippen LogP contribution in [0, 0.1) is 25.2 Å². The van der Waals surface area contributed by atoms with Crippen LogP contribution in [0.4, 0.5) is 5.82 Å². The second kappa shape index (κ2) is 7.16. The van der Waals surface area contributed by atoms with E-state index in [2.05, 4.69) is 26.6 Å². The van der Waals surface area contributed by atoms with E-state index in [-0.39, 0.29) is 0 Å². The van der Waals surface area contributed by atoms with Crippen molar-refractivity contribution in [2.75, 3.05) is 12.5 Å². The molecule has 25 heavy (non-hydrogen) atoms. The number of H-pyrrole nitrogens is 1. The van der Waals surface area contributed by atoms with Gasteiger partial charge in [0.15, 0.2) is 5.82 Å². The standard InChI is InChI=1S/C19H19N5O/c1-12-8-14(11-25-3)16(9-20)19(22-12)24-21-10-17-13(2)23-18-7-5-4-6-15(17)18/h4-8,10,23H,11H2,1-3H3,(H,22,24)/b21-10-. The number of pyridine rings is 1. The molecule has 2 aromatic heterocycles. The molecule has 2 N–H and O–H groups in total. The Hall–Kier alpha value is -3.17. The monoisotopic (exact) mass is 333 g/mol. The second-order valence-electron chi connectivity index (χ2n) is 5.77. The molecule has 0 saturated carbocycles. The second-order valence-corrected chi connectivity index (χ2v) is 5.77. The van der Waals surface area contributed by atoms with E-state index in [9.17, 15) is 5.26 Å². The normalized spacial score (nSPS) is 11.1. The third-order valence-electron chi connectivity index (χ3n) is 3.95. The first kappa shape index (κ1) is 16.7. The van der Waals surface area contributed by atoms with Gasteiger partial charge in [-0.2, -0.15) is 10.4 Å². The van der Waals surface area contributed by atoms with E-state index in [4.69, 9.17) is 4.74 Å². The number of rotatable bonds is 5. The number of nitrogens with one attached hydrogen (secondary N) is 2. The molecule has 0 aliphatic rings. The van der Waals surface area contributed by atoms with E-state index in [0.29, 0.717) is 18.0 Å². The number of benzene rings is 1. The number of ether oxygens (including phenoxy) is 1. The number of aromatic amines is 1. The molecule has 0 amide bonds. The Labute approximate surface area is 146 Å². The number of methoxy groups -OCH3 is 1. The average molecular weight is 333 g/mol. The number of anilines is 1. The molecule has 126 valence electrons. The summed E-state index contributed by atoms with van der Waals surface area (Å²) in [6, 6.07) is 12.1. The zero-order valence-corrected chi connectivity index (χ0v) is 14.4. The maximum atomic E-state index is 9.44. The highest BCUT2D eigenvalue weighted by Crippen LogP contribution is 2.21. The molecular formula is C19H19N5O. The summed E-state index contributed by atoms with van der Waals surface area (Å²) in [5, 5.41) is 14.8. The number of nitrogens with zero attached hydrogens (tertiary/aromatic N) is 3. The molecule has 0 saturated heterocycles. The van der Waals surface area contributed by atoms with Gasteiger partial charge in [-0.3, -0.25) is 5.43 Å². The van der Waals surface area contributed by atoms with Gasteiger partial charge in [0.2, 0.25) is 0 Å². The quantitative estimate of drug-likeness (QED) is 0.551. The highest BCUT2D eigenvalue weighted by Gasteiger charge is 2.11. The molecule has 0 spiro atoms. The van der Waals surface area contributed by atoms with Crippen LogP contribution >= 0.6 is 0 Å². The molecule has 1 aromatic carbocycles. The Balaban J connectivity index is 1.92. The zero-order chi connectivity index (χ0) is 17.8. The van der Waals surface area contributed by atoms with Gasteiger partial charge in [0.05, 0.1) is 12.8 Å². The number of fused-ring (bicyclic) bond motifs is 1. The van der Waals surface area contributed by atoms with E-state index in [1.165, 1.54) is 0 Å². The van der Waals surface area contributed by atoms with Crippen molar-refractivity contribution < 1.29 is 4.74 Å². The summed E-state index contributed by atoms with van der Waals surface area (Å²) in [5.41, 5.74) is 8.04. The summed E-state index contributed by atoms with van der Waals surface area (Å²) in [6.07, 6.45) is 1.75. The number of hydrazone groups is 1. The number of aromatic nitrogens is 2. The molecule has 3 rings (SSSR count). The smallest absolute Gasteiger partial charge is 0.164 e. The van der Waals surface area contributed by atoms with Crippen LogP contribution in [-0.2, 0) is 11.3 Å². The minimum atomic E-state index is 0.353. The lowest BCUT2D eigenvalue weighted by molar-refractivity contribution is 0.184. The molecule has 2 heterocycles. The van der Waals surface area contributed by atoms with Crippen LogP contribution in [0.5, 0.6) is 0 Å². The van der Waals surface area contributed by atoms with E-state index >= 15 is 0 Å². The summed E-state index contributed by atoms with van der Waals surface area (Å²) >= 11 is 0. The van der Waals surface area contributed by atoms with Gasteiger partial charge in [-0.15, -0.1) is 0 Å². The fraction of sp³-hybridized carbons (Fsp3) is 0.211. The Morgan fingerprint density at radius 2 is 2.16 bits per heavy atom. The lowest BCUT2D eigenvalue weighted by Crippen LogP contribution is -2.03. The molecule has 0 aliphatic carbocycles. The molecule has 3 aromatic rings.